The first kappa shape index (κ1) is 17.9. The summed E-state index contributed by atoms with van der Waals surface area (Å²) in [6.07, 6.45) is 0.232. The monoisotopic (exact) mass is 422 g/mol. The molecule has 0 spiro atoms. The van der Waals surface area contributed by atoms with Crippen LogP contribution in [0.5, 0.6) is 0 Å². The van der Waals surface area contributed by atoms with E-state index < -0.39 is 5.63 Å². The molecule has 0 radical (unpaired) electrons. The molecular weight excluding hydrogens is 408 g/mol. The molecule has 1 aliphatic heterocycles. The number of ketones is 1. The largest absolute Gasteiger partial charge is 0.402 e. The van der Waals surface area contributed by atoms with Gasteiger partial charge in [0.15, 0.2) is 5.78 Å². The number of para-hydroxylation sites is 2. The van der Waals surface area contributed by atoms with Gasteiger partial charge in [0, 0.05) is 16.3 Å². The van der Waals surface area contributed by atoms with E-state index in [0.717, 1.165) is 26.2 Å². The van der Waals surface area contributed by atoms with Crippen molar-refractivity contribution in [1.29, 1.82) is 0 Å². The fraction of sp³-hybridized carbons (Fsp3) is 0.0400. The molecule has 31 heavy (non-hydrogen) atoms. The van der Waals surface area contributed by atoms with Gasteiger partial charge in [-0.2, -0.15) is 0 Å². The minimum absolute atomic E-state index is 0.0509. The molecule has 5 aromatic rings. The van der Waals surface area contributed by atoms with Crippen molar-refractivity contribution in [2.75, 3.05) is 0 Å². The minimum atomic E-state index is -0.418. The average Bonchev–Trinajstić information content (AvgIpc) is 3.19. The Balaban J connectivity index is 1.59. The summed E-state index contributed by atoms with van der Waals surface area (Å²) in [6.45, 7) is 0. The first-order chi connectivity index (χ1) is 15.2. The van der Waals surface area contributed by atoms with E-state index in [4.69, 9.17) is 9.41 Å². The van der Waals surface area contributed by atoms with Gasteiger partial charge < -0.3 is 4.42 Å². The lowest BCUT2D eigenvalue weighted by Crippen LogP contribution is -2.13. The minimum Gasteiger partial charge on any atom is -0.402 e. The summed E-state index contributed by atoms with van der Waals surface area (Å²) in [5, 5.41) is 2.33. The molecule has 0 saturated carbocycles. The third-order valence-electron chi connectivity index (χ3n) is 5.40. The van der Waals surface area contributed by atoms with Crippen LogP contribution >= 0.6 is 11.3 Å². The molecule has 0 fully saturated rings. The van der Waals surface area contributed by atoms with Crippen molar-refractivity contribution >= 4 is 50.2 Å². The smallest absolute Gasteiger partial charge is 0.347 e. The third kappa shape index (κ3) is 2.84. The molecule has 0 atom stereocenters. The summed E-state index contributed by atoms with van der Waals surface area (Å²) in [5.41, 5.74) is 2.22. The van der Waals surface area contributed by atoms with Crippen molar-refractivity contribution < 1.29 is 9.21 Å². The van der Waals surface area contributed by atoms with Crippen molar-refractivity contribution in [3.8, 4) is 10.8 Å². The Bertz CT molecular complexity index is 1610. The van der Waals surface area contributed by atoms with Crippen LogP contribution in [0.25, 0.3) is 32.4 Å². The molecule has 0 bridgehead atoms. The van der Waals surface area contributed by atoms with Crippen LogP contribution in [0, 0.1) is 0 Å². The highest BCUT2D eigenvalue weighted by Crippen LogP contribution is 2.40. The van der Waals surface area contributed by atoms with Gasteiger partial charge in [-0.3, -0.25) is 9.79 Å². The summed E-state index contributed by atoms with van der Waals surface area (Å²) in [4.78, 5) is 36.3. The topological polar surface area (TPSA) is 72.5 Å². The van der Waals surface area contributed by atoms with Crippen molar-refractivity contribution in [2.45, 2.75) is 6.42 Å². The zero-order valence-electron chi connectivity index (χ0n) is 16.2. The highest BCUT2D eigenvalue weighted by molar-refractivity contribution is 7.19. The number of rotatable bonds is 2. The number of thiophene rings is 1. The lowest BCUT2D eigenvalue weighted by Gasteiger charge is -2.13. The Morgan fingerprint density at radius 3 is 2.29 bits per heavy atom. The van der Waals surface area contributed by atoms with E-state index in [9.17, 15) is 9.59 Å². The van der Waals surface area contributed by atoms with Gasteiger partial charge in [0.25, 0.3) is 0 Å². The van der Waals surface area contributed by atoms with Gasteiger partial charge >= 0.3 is 5.63 Å². The molecule has 6 rings (SSSR count). The van der Waals surface area contributed by atoms with Gasteiger partial charge in [0.1, 0.15) is 0 Å². The van der Waals surface area contributed by atoms with Crippen LogP contribution in [0.2, 0.25) is 0 Å². The maximum atomic E-state index is 12.7. The second kappa shape index (κ2) is 6.82. The Morgan fingerprint density at radius 2 is 1.45 bits per heavy atom. The van der Waals surface area contributed by atoms with Gasteiger partial charge in [-0.25, -0.2) is 9.78 Å². The van der Waals surface area contributed by atoms with E-state index in [0.29, 0.717) is 22.2 Å². The third-order valence-corrected chi connectivity index (χ3v) is 6.66. The lowest BCUT2D eigenvalue weighted by atomic mass is 9.98. The van der Waals surface area contributed by atoms with E-state index in [2.05, 4.69) is 4.98 Å². The van der Waals surface area contributed by atoms with Crippen molar-refractivity contribution in [1.82, 2.24) is 4.98 Å². The molecule has 0 saturated heterocycles. The summed E-state index contributed by atoms with van der Waals surface area (Å²) in [6, 6.07) is 22.4. The number of Topliss-reactive ketones (excluding diaryl/α,β-unsaturated/α-hetero) is 1. The highest BCUT2D eigenvalue weighted by Gasteiger charge is 2.25. The predicted molar refractivity (Wildman–Crippen MR) is 123 cm³/mol. The molecule has 0 N–H and O–H groups in total. The van der Waals surface area contributed by atoms with Gasteiger partial charge in [0.05, 0.1) is 38.5 Å². The second-order valence-electron chi connectivity index (χ2n) is 7.31. The molecule has 6 heteroatoms. The zero-order valence-corrected chi connectivity index (χ0v) is 17.0. The fourth-order valence-corrected chi connectivity index (χ4v) is 5.14. The summed E-state index contributed by atoms with van der Waals surface area (Å²) >= 11 is 1.45. The summed E-state index contributed by atoms with van der Waals surface area (Å²) in [7, 11) is 0. The van der Waals surface area contributed by atoms with Gasteiger partial charge in [-0.15, -0.1) is 11.3 Å². The molecule has 0 amide bonds. The number of aliphatic imine (C=N–C) groups is 1. The van der Waals surface area contributed by atoms with Crippen molar-refractivity contribution in [3.63, 3.8) is 0 Å². The van der Waals surface area contributed by atoms with Crippen molar-refractivity contribution in [3.05, 3.63) is 93.7 Å². The Morgan fingerprint density at radius 1 is 0.774 bits per heavy atom. The Labute approximate surface area is 180 Å². The first-order valence-electron chi connectivity index (χ1n) is 9.81. The SMILES string of the molecule is O=C1CC(c2sc(-c3nc4ccccc4c(=O)o3)c3ccccc23)=Nc2ccccc21. The van der Waals surface area contributed by atoms with Crippen LogP contribution in [0.3, 0.4) is 0 Å². The zero-order chi connectivity index (χ0) is 20.9. The summed E-state index contributed by atoms with van der Waals surface area (Å²) in [5.74, 6) is 0.328. The van der Waals surface area contributed by atoms with E-state index in [1.807, 2.05) is 54.6 Å². The number of nitrogens with zero attached hydrogens (tertiary/aromatic N) is 2. The van der Waals surface area contributed by atoms with Gasteiger partial charge in [-0.05, 0) is 24.3 Å². The highest BCUT2D eigenvalue weighted by atomic mass is 32.1. The number of fused-ring (bicyclic) bond motifs is 3. The number of hydrogen-bond acceptors (Lipinski definition) is 6. The summed E-state index contributed by atoms with van der Waals surface area (Å²) < 4.78 is 5.60. The number of carbonyl (C=O) groups excluding carboxylic acids is 1. The van der Waals surface area contributed by atoms with Crippen LogP contribution in [0.1, 0.15) is 21.7 Å². The molecular formula is C25H14N2O3S. The molecule has 0 unspecified atom stereocenters. The normalized spacial score (nSPS) is 13.4. The molecule has 0 aliphatic carbocycles. The first-order valence-corrected chi connectivity index (χ1v) is 10.6. The Hall–Kier alpha value is -3.90. The maximum Gasteiger partial charge on any atom is 0.347 e. The molecule has 2 aromatic heterocycles. The Kier molecular flexibility index (Phi) is 3.94. The second-order valence-corrected chi connectivity index (χ2v) is 8.33. The lowest BCUT2D eigenvalue weighted by molar-refractivity contribution is 0.1000. The quantitative estimate of drug-likeness (QED) is 0.362. The molecule has 5 nitrogen and oxygen atoms in total. The fourth-order valence-electron chi connectivity index (χ4n) is 3.95. The maximum absolute atomic E-state index is 12.7. The van der Waals surface area contributed by atoms with Crippen LogP contribution in [-0.4, -0.2) is 16.5 Å². The van der Waals surface area contributed by atoms with E-state index in [-0.39, 0.29) is 18.1 Å². The number of benzene rings is 3. The van der Waals surface area contributed by atoms with Crippen LogP contribution in [0.4, 0.5) is 5.69 Å². The molecule has 1 aliphatic rings. The number of aromatic nitrogens is 1. The van der Waals surface area contributed by atoms with E-state index in [1.54, 1.807) is 18.2 Å². The van der Waals surface area contributed by atoms with Gasteiger partial charge in [-0.1, -0.05) is 48.5 Å². The van der Waals surface area contributed by atoms with E-state index >= 15 is 0 Å². The number of hydrogen-bond donors (Lipinski definition) is 0. The molecule has 3 heterocycles. The average molecular weight is 422 g/mol. The molecule has 3 aromatic carbocycles. The molecule has 148 valence electrons. The van der Waals surface area contributed by atoms with Crippen LogP contribution in [0.15, 0.2) is 87.0 Å². The standard InChI is InChI=1S/C25H14N2O3S/c28-21-13-20(26-18-11-5-3-9-16(18)21)22-14-7-1-2-8-15(14)23(31-22)24-27-19-12-6-4-10-17(19)25(29)30-24/h1-12H,13H2. The van der Waals surface area contributed by atoms with Crippen molar-refractivity contribution in [2.24, 2.45) is 4.99 Å². The predicted octanol–water partition coefficient (Wildman–Crippen LogP) is 5.78. The van der Waals surface area contributed by atoms with E-state index in [1.165, 1.54) is 11.3 Å². The van der Waals surface area contributed by atoms with Crippen LogP contribution < -0.4 is 5.63 Å². The van der Waals surface area contributed by atoms with Crippen LogP contribution in [-0.2, 0) is 0 Å². The van der Waals surface area contributed by atoms with Gasteiger partial charge in [0.2, 0.25) is 5.89 Å². The number of carbonyl (C=O) groups is 1.